The van der Waals surface area contributed by atoms with Crippen LogP contribution in [0.15, 0.2) is 48.7 Å². The number of amides is 1. The number of aromatic nitrogens is 1. The van der Waals surface area contributed by atoms with Crippen LogP contribution in [-0.4, -0.2) is 45.2 Å². The van der Waals surface area contributed by atoms with E-state index in [4.69, 9.17) is 9.47 Å². The fourth-order valence-electron chi connectivity index (χ4n) is 3.40. The van der Waals surface area contributed by atoms with Crippen LogP contribution in [0.1, 0.15) is 17.0 Å². The number of para-hydroxylation sites is 2. The van der Waals surface area contributed by atoms with Gasteiger partial charge in [-0.2, -0.15) is 0 Å². The van der Waals surface area contributed by atoms with E-state index in [1.165, 1.54) is 0 Å². The summed E-state index contributed by atoms with van der Waals surface area (Å²) in [7, 11) is 5.01. The molecule has 28 heavy (non-hydrogen) atoms. The van der Waals surface area contributed by atoms with Crippen molar-refractivity contribution in [3.63, 3.8) is 0 Å². The Hall–Kier alpha value is -2.70. The molecule has 0 bridgehead atoms. The molecule has 150 valence electrons. The van der Waals surface area contributed by atoms with E-state index in [2.05, 4.69) is 21.7 Å². The zero-order valence-corrected chi connectivity index (χ0v) is 17.1. The lowest BCUT2D eigenvalue weighted by atomic mass is 9.90. The molecule has 1 unspecified atom stereocenters. The van der Waals surface area contributed by atoms with Crippen LogP contribution < -0.4 is 20.1 Å². The van der Waals surface area contributed by atoms with Gasteiger partial charge in [-0.05, 0) is 24.7 Å². The number of benzene rings is 2. The van der Waals surface area contributed by atoms with Crippen molar-refractivity contribution in [1.82, 2.24) is 15.6 Å². The smallest absolute Gasteiger partial charge is 0.233 e. The Morgan fingerprint density at radius 2 is 1.86 bits per heavy atom. The van der Waals surface area contributed by atoms with E-state index < -0.39 is 0 Å². The molecule has 0 aliphatic carbocycles. The van der Waals surface area contributed by atoms with Gasteiger partial charge in [0, 0.05) is 35.1 Å². The lowest BCUT2D eigenvalue weighted by molar-refractivity contribution is -0.120. The lowest BCUT2D eigenvalue weighted by Crippen LogP contribution is -2.35. The van der Waals surface area contributed by atoms with E-state index in [1.54, 1.807) is 21.3 Å². The fourth-order valence-corrected chi connectivity index (χ4v) is 3.40. The maximum Gasteiger partial charge on any atom is 0.233 e. The number of hydrogen-bond acceptors (Lipinski definition) is 4. The average Bonchev–Trinajstić information content (AvgIpc) is 3.12. The molecule has 7 heteroatoms. The quantitative estimate of drug-likeness (QED) is 0.540. The van der Waals surface area contributed by atoms with E-state index in [-0.39, 0.29) is 30.8 Å². The summed E-state index contributed by atoms with van der Waals surface area (Å²) in [5, 5.41) is 7.01. The molecule has 0 aliphatic rings. The summed E-state index contributed by atoms with van der Waals surface area (Å²) >= 11 is 0. The zero-order chi connectivity index (χ0) is 19.2. The van der Waals surface area contributed by atoms with Crippen molar-refractivity contribution in [3.05, 3.63) is 59.8 Å². The van der Waals surface area contributed by atoms with Crippen LogP contribution in [0.3, 0.4) is 0 Å². The Morgan fingerprint density at radius 3 is 2.57 bits per heavy atom. The number of H-pyrrole nitrogens is 1. The van der Waals surface area contributed by atoms with Gasteiger partial charge in [-0.25, -0.2) is 0 Å². The van der Waals surface area contributed by atoms with Crippen molar-refractivity contribution in [2.24, 2.45) is 0 Å². The first-order chi connectivity index (χ1) is 13.2. The molecule has 0 saturated heterocycles. The highest BCUT2D eigenvalue weighted by atomic mass is 35.5. The van der Waals surface area contributed by atoms with Crippen LogP contribution in [0.4, 0.5) is 0 Å². The lowest BCUT2D eigenvalue weighted by Gasteiger charge is -2.22. The molecule has 1 aromatic heterocycles. The van der Waals surface area contributed by atoms with Crippen molar-refractivity contribution < 1.29 is 14.3 Å². The number of fused-ring (bicyclic) bond motifs is 1. The first kappa shape index (κ1) is 21.6. The summed E-state index contributed by atoms with van der Waals surface area (Å²) in [6.45, 7) is 0.724. The van der Waals surface area contributed by atoms with Gasteiger partial charge in [-0.1, -0.05) is 30.3 Å². The Kier molecular flexibility index (Phi) is 7.72. The Morgan fingerprint density at radius 1 is 1.07 bits per heavy atom. The third-order valence-corrected chi connectivity index (χ3v) is 4.65. The van der Waals surface area contributed by atoms with E-state index >= 15 is 0 Å². The van der Waals surface area contributed by atoms with Crippen LogP contribution in [0.2, 0.25) is 0 Å². The van der Waals surface area contributed by atoms with Gasteiger partial charge >= 0.3 is 0 Å². The van der Waals surface area contributed by atoms with Gasteiger partial charge in [0.2, 0.25) is 5.91 Å². The van der Waals surface area contributed by atoms with Crippen LogP contribution in [0, 0.1) is 0 Å². The molecule has 1 amide bonds. The summed E-state index contributed by atoms with van der Waals surface area (Å²) in [6.07, 6.45) is 2.00. The highest BCUT2D eigenvalue weighted by molar-refractivity contribution is 5.85. The third-order valence-electron chi connectivity index (χ3n) is 4.65. The maximum atomic E-state index is 12.1. The monoisotopic (exact) mass is 403 g/mol. The SMILES string of the molecule is CNCC(=O)NCC(c1cccc(OC)c1OC)c1c[nH]c2ccccc12.Cl. The van der Waals surface area contributed by atoms with Gasteiger partial charge < -0.3 is 25.1 Å². The molecule has 0 radical (unpaired) electrons. The van der Waals surface area contributed by atoms with Crippen molar-refractivity contribution in [3.8, 4) is 11.5 Å². The zero-order valence-electron chi connectivity index (χ0n) is 16.2. The molecule has 2 aromatic carbocycles. The molecule has 1 atom stereocenters. The number of methoxy groups -OCH3 is 2. The van der Waals surface area contributed by atoms with Crippen LogP contribution >= 0.6 is 12.4 Å². The summed E-state index contributed by atoms with van der Waals surface area (Å²) in [6, 6.07) is 14.0. The second-order valence-electron chi connectivity index (χ2n) is 6.26. The average molecular weight is 404 g/mol. The molecular weight excluding hydrogens is 378 g/mol. The van der Waals surface area contributed by atoms with Crippen molar-refractivity contribution in [2.75, 3.05) is 34.4 Å². The van der Waals surface area contributed by atoms with E-state index in [0.29, 0.717) is 18.0 Å². The van der Waals surface area contributed by atoms with E-state index in [1.807, 2.05) is 42.6 Å². The fraction of sp³-hybridized carbons (Fsp3) is 0.286. The number of hydrogen-bond donors (Lipinski definition) is 3. The Bertz CT molecular complexity index is 926. The third kappa shape index (κ3) is 4.40. The van der Waals surface area contributed by atoms with Gasteiger partial charge in [-0.3, -0.25) is 4.79 Å². The van der Waals surface area contributed by atoms with E-state index in [0.717, 1.165) is 22.0 Å². The van der Waals surface area contributed by atoms with Gasteiger partial charge in [0.25, 0.3) is 0 Å². The highest BCUT2D eigenvalue weighted by Crippen LogP contribution is 2.40. The summed E-state index contributed by atoms with van der Waals surface area (Å²) in [5.74, 6) is 1.20. The number of likely N-dealkylation sites (N-methyl/N-ethyl adjacent to an activating group) is 1. The molecule has 0 fully saturated rings. The molecule has 3 N–H and O–H groups in total. The minimum atomic E-state index is -0.0907. The molecule has 0 saturated carbocycles. The van der Waals surface area contributed by atoms with Gasteiger partial charge in [0.15, 0.2) is 11.5 Å². The number of carbonyl (C=O) groups excluding carboxylic acids is 1. The predicted octanol–water partition coefficient (Wildman–Crippen LogP) is 3.07. The highest BCUT2D eigenvalue weighted by Gasteiger charge is 2.24. The first-order valence-electron chi connectivity index (χ1n) is 8.87. The second kappa shape index (κ2) is 10.0. The van der Waals surface area contributed by atoms with Crippen LogP contribution in [0.25, 0.3) is 10.9 Å². The molecule has 1 heterocycles. The van der Waals surface area contributed by atoms with Gasteiger partial charge in [0.1, 0.15) is 0 Å². The number of rotatable bonds is 8. The van der Waals surface area contributed by atoms with Crippen molar-refractivity contribution in [1.29, 1.82) is 0 Å². The standard InChI is InChI=1S/C21H25N3O3.ClH/c1-22-13-20(25)24-12-17(15-8-6-10-19(26-2)21(15)27-3)16-11-23-18-9-5-4-7-14(16)18;/h4-11,17,22-23H,12-13H2,1-3H3,(H,24,25);1H. The largest absolute Gasteiger partial charge is 0.493 e. The topological polar surface area (TPSA) is 75.4 Å². The molecule has 0 aliphatic heterocycles. The minimum Gasteiger partial charge on any atom is -0.493 e. The Balaban J connectivity index is 0.00000280. The minimum absolute atomic E-state index is 0. The summed E-state index contributed by atoms with van der Waals surface area (Å²) < 4.78 is 11.1. The van der Waals surface area contributed by atoms with Crippen LogP contribution in [-0.2, 0) is 4.79 Å². The number of nitrogens with one attached hydrogen (secondary N) is 3. The van der Waals surface area contributed by atoms with Crippen molar-refractivity contribution >= 4 is 29.2 Å². The molecular formula is C21H26ClN3O3. The Labute approximate surface area is 171 Å². The molecule has 6 nitrogen and oxygen atoms in total. The molecule has 3 aromatic rings. The number of ether oxygens (including phenoxy) is 2. The second-order valence-corrected chi connectivity index (χ2v) is 6.26. The summed E-state index contributed by atoms with van der Waals surface area (Å²) in [4.78, 5) is 15.4. The maximum absolute atomic E-state index is 12.1. The number of halogens is 1. The summed E-state index contributed by atoms with van der Waals surface area (Å²) in [5.41, 5.74) is 3.12. The number of carbonyl (C=O) groups is 1. The normalized spacial score (nSPS) is 11.5. The van der Waals surface area contributed by atoms with Gasteiger partial charge in [0.05, 0.1) is 20.8 Å². The number of aromatic amines is 1. The first-order valence-corrected chi connectivity index (χ1v) is 8.87. The predicted molar refractivity (Wildman–Crippen MR) is 114 cm³/mol. The van der Waals surface area contributed by atoms with E-state index in [9.17, 15) is 4.79 Å². The van der Waals surface area contributed by atoms with Crippen LogP contribution in [0.5, 0.6) is 11.5 Å². The van der Waals surface area contributed by atoms with Crippen molar-refractivity contribution in [2.45, 2.75) is 5.92 Å². The van der Waals surface area contributed by atoms with Gasteiger partial charge in [-0.15, -0.1) is 12.4 Å². The molecule has 3 rings (SSSR count). The molecule has 0 spiro atoms.